The summed E-state index contributed by atoms with van der Waals surface area (Å²) in [4.78, 5) is 4.78. The fourth-order valence-corrected chi connectivity index (χ4v) is 11.4. The van der Waals surface area contributed by atoms with Crippen molar-refractivity contribution in [3.8, 4) is 66.8 Å². The van der Waals surface area contributed by atoms with Crippen molar-refractivity contribution in [1.29, 1.82) is 0 Å². The first-order chi connectivity index (χ1) is 46.3. The molecule has 14 aromatic rings. The van der Waals surface area contributed by atoms with Crippen LogP contribution < -0.4 is 20.4 Å². The zero-order valence-electron chi connectivity index (χ0n) is 51.8. The molecule has 0 aliphatic heterocycles. The van der Waals surface area contributed by atoms with E-state index in [9.17, 15) is 0 Å². The first-order valence-electron chi connectivity index (χ1n) is 31.4. The third-order valence-electron chi connectivity index (χ3n) is 16.3. The van der Waals surface area contributed by atoms with Gasteiger partial charge in [-0.25, -0.2) is 0 Å². The second-order valence-electron chi connectivity index (χ2n) is 22.6. The minimum absolute atomic E-state index is 0.750. The quantitative estimate of drug-likeness (QED) is 0.0839. The molecule has 0 bridgehead atoms. The van der Waals surface area contributed by atoms with Crippen molar-refractivity contribution in [3.05, 3.63) is 387 Å². The molecule has 0 saturated heterocycles. The second-order valence-corrected chi connectivity index (χ2v) is 24.6. The van der Waals surface area contributed by atoms with Crippen LogP contribution in [0, 0.1) is 0 Å². The SMILES string of the molecule is ClC(Cl)Cl.c1ccc(-c2ccc(Nc3ccc(-c4ccc(Nc5ccc(-c6ccccc6)cc5)cc4)cc3)cc2)cc1.c1ccc(CN(c2ccc(-c3ccccc3)cc2)c2ccc(-c3ccc(N(Cc4ccccc4)c4ccc(-c5ccccc5)cc4)cc3)cc2)cc1. The van der Waals surface area contributed by atoms with E-state index in [2.05, 4.69) is 384 Å². The Hall–Kier alpha value is -10.9. The normalized spacial score (nSPS) is 10.7. The lowest BCUT2D eigenvalue weighted by atomic mass is 10.0. The van der Waals surface area contributed by atoms with Crippen molar-refractivity contribution < 1.29 is 0 Å². The van der Waals surface area contributed by atoms with Gasteiger partial charge in [0.2, 0.25) is 0 Å². The summed E-state index contributed by atoms with van der Waals surface area (Å²) < 4.78 is -0.750. The summed E-state index contributed by atoms with van der Waals surface area (Å²) in [6.07, 6.45) is 0. The van der Waals surface area contributed by atoms with Gasteiger partial charge in [-0.3, -0.25) is 0 Å². The van der Waals surface area contributed by atoms with Gasteiger partial charge in [0.05, 0.1) is 0 Å². The number of hydrogen-bond acceptors (Lipinski definition) is 4. The number of hydrogen-bond donors (Lipinski definition) is 2. The van der Waals surface area contributed by atoms with Gasteiger partial charge >= 0.3 is 0 Å². The fraction of sp³-hybridized carbons (Fsp3) is 0.0345. The molecule has 0 unspecified atom stereocenters. The standard InChI is InChI=1S/C50H40N2.C36H28N2.CHCl3/c1-5-13-39(14-6-1)37-51(47-29-21-43(22-30-47)41-17-9-3-10-18-41)49-33-25-45(26-34-49)46-27-35-50(36-28-46)52(38-40-15-7-2-8-16-40)48-31-23-44(24-32-48)42-19-11-4-12-20-42;1-3-7-27(8-4-1)29-11-19-33(20-12-29)37-35-23-15-31(16-24-35)32-17-25-36(26-18-32)38-34-21-13-30(14-22-34)28-9-5-2-6-10-28;2-1(3)4/h1-36H,37-38H2;1-26,37-38H;1H. The second kappa shape index (κ2) is 31.9. The Morgan fingerprint density at radius 2 is 0.340 bits per heavy atom. The van der Waals surface area contributed by atoms with Gasteiger partial charge in [-0.2, -0.15) is 0 Å². The highest BCUT2D eigenvalue weighted by Gasteiger charge is 2.15. The number of nitrogens with one attached hydrogen (secondary N) is 2. The molecule has 0 aliphatic rings. The van der Waals surface area contributed by atoms with Crippen LogP contribution in [0.5, 0.6) is 0 Å². The van der Waals surface area contributed by atoms with E-state index in [0.29, 0.717) is 0 Å². The van der Waals surface area contributed by atoms with Crippen molar-refractivity contribution in [3.63, 3.8) is 0 Å². The Kier molecular flexibility index (Phi) is 21.5. The number of benzene rings is 14. The average Bonchev–Trinajstić information content (AvgIpc) is 0.944. The van der Waals surface area contributed by atoms with Crippen LogP contribution in [0.25, 0.3) is 66.8 Å². The lowest BCUT2D eigenvalue weighted by Gasteiger charge is -2.26. The molecule has 4 nitrogen and oxygen atoms in total. The molecule has 0 fully saturated rings. The van der Waals surface area contributed by atoms with E-state index in [1.54, 1.807) is 0 Å². The fourth-order valence-electron chi connectivity index (χ4n) is 11.4. The maximum Gasteiger partial charge on any atom is 0.180 e. The zero-order chi connectivity index (χ0) is 64.1. The monoisotopic (exact) mass is 1270 g/mol. The molecular weight excluding hydrogens is 1210 g/mol. The molecule has 7 heteroatoms. The molecule has 2 N–H and O–H groups in total. The van der Waals surface area contributed by atoms with E-state index in [1.807, 2.05) is 12.1 Å². The highest BCUT2D eigenvalue weighted by atomic mass is 35.6. The molecule has 0 heterocycles. The molecule has 14 rings (SSSR count). The smallest absolute Gasteiger partial charge is 0.180 e. The van der Waals surface area contributed by atoms with Crippen molar-refractivity contribution in [2.75, 3.05) is 20.4 Å². The average molecular weight is 1280 g/mol. The number of alkyl halides is 3. The highest BCUT2D eigenvalue weighted by molar-refractivity contribution is 6.63. The molecule has 0 spiro atoms. The molecule has 458 valence electrons. The Morgan fingerprint density at radius 1 is 0.191 bits per heavy atom. The maximum atomic E-state index is 4.81. The lowest BCUT2D eigenvalue weighted by molar-refractivity contribution is 0.975. The number of nitrogens with zero attached hydrogens (tertiary/aromatic N) is 2. The summed E-state index contributed by atoms with van der Waals surface area (Å²) in [6.45, 7) is 1.56. The van der Waals surface area contributed by atoms with E-state index in [0.717, 1.165) is 58.6 Å². The number of halogens is 3. The zero-order valence-corrected chi connectivity index (χ0v) is 54.1. The van der Waals surface area contributed by atoms with E-state index >= 15 is 0 Å². The van der Waals surface area contributed by atoms with Gasteiger partial charge in [0, 0.05) is 58.6 Å². The summed E-state index contributed by atoms with van der Waals surface area (Å²) in [5.41, 5.74) is 26.0. The number of anilines is 8. The third kappa shape index (κ3) is 17.4. The molecule has 14 aromatic carbocycles. The van der Waals surface area contributed by atoms with Crippen molar-refractivity contribution in [1.82, 2.24) is 0 Å². The van der Waals surface area contributed by atoms with Gasteiger partial charge < -0.3 is 20.4 Å². The summed E-state index contributed by atoms with van der Waals surface area (Å²) in [7, 11) is 0. The first-order valence-corrected chi connectivity index (χ1v) is 32.7. The predicted molar refractivity (Wildman–Crippen MR) is 404 cm³/mol. The molecule has 0 saturated carbocycles. The molecule has 0 atom stereocenters. The van der Waals surface area contributed by atoms with Crippen LogP contribution in [-0.2, 0) is 13.1 Å². The van der Waals surface area contributed by atoms with Crippen LogP contribution in [0.2, 0.25) is 0 Å². The largest absolute Gasteiger partial charge is 0.356 e. The van der Waals surface area contributed by atoms with Crippen LogP contribution in [0.15, 0.2) is 376 Å². The van der Waals surface area contributed by atoms with Gasteiger partial charge in [-0.15, -0.1) is 0 Å². The van der Waals surface area contributed by atoms with E-state index in [4.69, 9.17) is 34.8 Å². The Morgan fingerprint density at radius 3 is 0.521 bits per heavy atom. The topological polar surface area (TPSA) is 30.5 Å². The van der Waals surface area contributed by atoms with Gasteiger partial charge in [0.25, 0.3) is 0 Å². The molecule has 0 radical (unpaired) electrons. The Bertz CT molecular complexity index is 4230. The van der Waals surface area contributed by atoms with Crippen LogP contribution in [0.4, 0.5) is 45.5 Å². The van der Waals surface area contributed by atoms with Gasteiger partial charge in [0.15, 0.2) is 4.30 Å². The van der Waals surface area contributed by atoms with Gasteiger partial charge in [-0.1, -0.05) is 314 Å². The molecule has 0 aromatic heterocycles. The minimum atomic E-state index is -0.750. The summed E-state index contributed by atoms with van der Waals surface area (Å²) in [6, 6.07) is 133. The van der Waals surface area contributed by atoms with Crippen molar-refractivity contribution in [2.24, 2.45) is 0 Å². The van der Waals surface area contributed by atoms with Crippen molar-refractivity contribution in [2.45, 2.75) is 17.4 Å². The van der Waals surface area contributed by atoms with E-state index in [-0.39, 0.29) is 0 Å². The van der Waals surface area contributed by atoms with Gasteiger partial charge in [0.1, 0.15) is 0 Å². The van der Waals surface area contributed by atoms with Crippen LogP contribution in [0.1, 0.15) is 11.1 Å². The minimum Gasteiger partial charge on any atom is -0.356 e. The highest BCUT2D eigenvalue weighted by Crippen LogP contribution is 2.36. The molecular formula is C87H69Cl3N4. The van der Waals surface area contributed by atoms with Crippen LogP contribution >= 0.6 is 34.8 Å². The third-order valence-corrected chi connectivity index (χ3v) is 16.3. The summed E-state index contributed by atoms with van der Waals surface area (Å²) in [5, 5.41) is 7.00. The summed E-state index contributed by atoms with van der Waals surface area (Å²) >= 11 is 14.4. The summed E-state index contributed by atoms with van der Waals surface area (Å²) in [5.74, 6) is 0. The van der Waals surface area contributed by atoms with Crippen LogP contribution in [-0.4, -0.2) is 4.30 Å². The first kappa shape index (κ1) is 63.3. The van der Waals surface area contributed by atoms with Crippen LogP contribution in [0.3, 0.4) is 0 Å². The van der Waals surface area contributed by atoms with Crippen molar-refractivity contribution >= 4 is 80.3 Å². The van der Waals surface area contributed by atoms with E-state index < -0.39 is 4.30 Å². The molecule has 0 amide bonds. The molecule has 0 aliphatic carbocycles. The molecule has 94 heavy (non-hydrogen) atoms. The van der Waals surface area contributed by atoms with Gasteiger partial charge in [-0.05, 0) is 175 Å². The lowest BCUT2D eigenvalue weighted by Crippen LogP contribution is -2.16. The Labute approximate surface area is 568 Å². The van der Waals surface area contributed by atoms with E-state index in [1.165, 1.54) is 77.9 Å². The number of rotatable bonds is 18. The maximum absolute atomic E-state index is 4.81. The predicted octanol–water partition coefficient (Wildman–Crippen LogP) is 25.5. The Balaban J connectivity index is 0.000000178.